The Balaban J connectivity index is 2.00. The molecule has 23 heavy (non-hydrogen) atoms. The van der Waals surface area contributed by atoms with Gasteiger partial charge in [0.25, 0.3) is 5.69 Å². The number of ether oxygens (including phenoxy) is 1. The van der Waals surface area contributed by atoms with E-state index in [1.54, 1.807) is 25.3 Å². The summed E-state index contributed by atoms with van der Waals surface area (Å²) in [6.45, 7) is 0.829. The number of nitro groups is 1. The molecule has 0 aromatic heterocycles. The van der Waals surface area contributed by atoms with E-state index in [1.807, 2.05) is 24.3 Å². The topological polar surface area (TPSA) is 81.5 Å². The molecule has 0 aliphatic rings. The SMILES string of the molecule is COCc1ccccc1CNC(=O)Cc1ccccc1[N+](=O)[O-]. The first-order chi connectivity index (χ1) is 11.1. The first-order valence-electron chi connectivity index (χ1n) is 7.16. The second-order valence-electron chi connectivity index (χ2n) is 5.04. The molecule has 0 saturated carbocycles. The van der Waals surface area contributed by atoms with Gasteiger partial charge in [0.1, 0.15) is 0 Å². The largest absolute Gasteiger partial charge is 0.380 e. The zero-order valence-corrected chi connectivity index (χ0v) is 12.8. The minimum Gasteiger partial charge on any atom is -0.380 e. The van der Waals surface area contributed by atoms with Gasteiger partial charge in [0.2, 0.25) is 5.91 Å². The van der Waals surface area contributed by atoms with Crippen LogP contribution in [0.2, 0.25) is 0 Å². The number of carbonyl (C=O) groups excluding carboxylic acids is 1. The molecule has 2 aromatic carbocycles. The molecule has 0 heterocycles. The molecule has 6 nitrogen and oxygen atoms in total. The van der Waals surface area contributed by atoms with Gasteiger partial charge < -0.3 is 10.1 Å². The highest BCUT2D eigenvalue weighted by Gasteiger charge is 2.15. The summed E-state index contributed by atoms with van der Waals surface area (Å²) in [6.07, 6.45) is -0.0242. The van der Waals surface area contributed by atoms with Crippen LogP contribution in [0.5, 0.6) is 0 Å². The van der Waals surface area contributed by atoms with Crippen LogP contribution in [0.25, 0.3) is 0 Å². The number of para-hydroxylation sites is 1. The zero-order valence-electron chi connectivity index (χ0n) is 12.8. The minimum absolute atomic E-state index is 0.0242. The maximum absolute atomic E-state index is 12.1. The molecule has 2 rings (SSSR count). The second kappa shape index (κ2) is 8.05. The summed E-state index contributed by atoms with van der Waals surface area (Å²) < 4.78 is 5.13. The summed E-state index contributed by atoms with van der Waals surface area (Å²) in [6, 6.07) is 13.9. The van der Waals surface area contributed by atoms with Crippen molar-refractivity contribution in [2.24, 2.45) is 0 Å². The molecule has 1 amide bonds. The molecule has 6 heteroatoms. The van der Waals surface area contributed by atoms with E-state index in [0.717, 1.165) is 11.1 Å². The highest BCUT2D eigenvalue weighted by atomic mass is 16.6. The van der Waals surface area contributed by atoms with Crippen molar-refractivity contribution in [2.45, 2.75) is 19.6 Å². The third-order valence-corrected chi connectivity index (χ3v) is 3.43. The lowest BCUT2D eigenvalue weighted by atomic mass is 10.1. The molecule has 0 aliphatic heterocycles. The van der Waals surface area contributed by atoms with Crippen LogP contribution in [0.1, 0.15) is 16.7 Å². The second-order valence-corrected chi connectivity index (χ2v) is 5.04. The van der Waals surface area contributed by atoms with Gasteiger partial charge in [0, 0.05) is 25.3 Å². The van der Waals surface area contributed by atoms with Gasteiger partial charge in [0.15, 0.2) is 0 Å². The molecule has 0 fully saturated rings. The monoisotopic (exact) mass is 314 g/mol. The Morgan fingerprint density at radius 2 is 1.70 bits per heavy atom. The smallest absolute Gasteiger partial charge is 0.273 e. The van der Waals surface area contributed by atoms with E-state index >= 15 is 0 Å². The number of amides is 1. The molecule has 0 aliphatic carbocycles. The van der Waals surface area contributed by atoms with Crippen LogP contribution < -0.4 is 5.32 Å². The van der Waals surface area contributed by atoms with Crippen LogP contribution in [0, 0.1) is 10.1 Å². The van der Waals surface area contributed by atoms with Crippen LogP contribution in [-0.2, 0) is 29.1 Å². The van der Waals surface area contributed by atoms with Crippen molar-refractivity contribution in [1.29, 1.82) is 0 Å². The van der Waals surface area contributed by atoms with Crippen LogP contribution in [0.4, 0.5) is 5.69 Å². The van der Waals surface area contributed by atoms with Gasteiger partial charge in [0.05, 0.1) is 18.0 Å². The summed E-state index contributed by atoms with van der Waals surface area (Å²) in [4.78, 5) is 22.5. The first kappa shape index (κ1) is 16.6. The van der Waals surface area contributed by atoms with Gasteiger partial charge in [-0.2, -0.15) is 0 Å². The fourth-order valence-electron chi connectivity index (χ4n) is 2.29. The van der Waals surface area contributed by atoms with E-state index in [-0.39, 0.29) is 18.0 Å². The van der Waals surface area contributed by atoms with E-state index in [1.165, 1.54) is 6.07 Å². The Morgan fingerprint density at radius 1 is 1.09 bits per heavy atom. The quantitative estimate of drug-likeness (QED) is 0.629. The first-order valence-corrected chi connectivity index (χ1v) is 7.16. The predicted molar refractivity (Wildman–Crippen MR) is 85.8 cm³/mol. The van der Waals surface area contributed by atoms with E-state index < -0.39 is 4.92 Å². The fourth-order valence-corrected chi connectivity index (χ4v) is 2.29. The highest BCUT2D eigenvalue weighted by molar-refractivity contribution is 5.79. The van der Waals surface area contributed by atoms with Crippen molar-refractivity contribution < 1.29 is 14.5 Å². The van der Waals surface area contributed by atoms with E-state index in [2.05, 4.69) is 5.32 Å². The standard InChI is InChI=1S/C17H18N2O4/c1-23-12-15-8-3-2-7-14(15)11-18-17(20)10-13-6-4-5-9-16(13)19(21)22/h2-9H,10-12H2,1H3,(H,18,20). The fraction of sp³-hybridized carbons (Fsp3) is 0.235. The maximum Gasteiger partial charge on any atom is 0.273 e. The van der Waals surface area contributed by atoms with E-state index in [9.17, 15) is 14.9 Å². The Bertz CT molecular complexity index is 700. The number of methoxy groups -OCH3 is 1. The number of hydrogen-bond acceptors (Lipinski definition) is 4. The molecule has 120 valence electrons. The molecule has 0 radical (unpaired) electrons. The minimum atomic E-state index is -0.476. The third kappa shape index (κ3) is 4.62. The Hall–Kier alpha value is -2.73. The van der Waals surface area contributed by atoms with Gasteiger partial charge >= 0.3 is 0 Å². The van der Waals surface area contributed by atoms with Gasteiger partial charge in [-0.25, -0.2) is 0 Å². The van der Waals surface area contributed by atoms with Crippen molar-refractivity contribution >= 4 is 11.6 Å². The Labute approximate surface area is 134 Å². The average molecular weight is 314 g/mol. The number of nitrogens with zero attached hydrogens (tertiary/aromatic N) is 1. The van der Waals surface area contributed by atoms with Gasteiger partial charge in [-0.1, -0.05) is 42.5 Å². The average Bonchev–Trinajstić information content (AvgIpc) is 2.54. The van der Waals surface area contributed by atoms with Crippen molar-refractivity contribution in [2.75, 3.05) is 7.11 Å². The molecular formula is C17H18N2O4. The molecule has 0 unspecified atom stereocenters. The molecule has 2 aromatic rings. The van der Waals surface area contributed by atoms with E-state index in [0.29, 0.717) is 18.7 Å². The summed E-state index contributed by atoms with van der Waals surface area (Å²) in [5.74, 6) is -0.258. The normalized spacial score (nSPS) is 10.3. The summed E-state index contributed by atoms with van der Waals surface area (Å²) >= 11 is 0. The molecule has 1 N–H and O–H groups in total. The van der Waals surface area contributed by atoms with Crippen molar-refractivity contribution in [3.05, 3.63) is 75.3 Å². The molecule has 0 saturated heterocycles. The summed E-state index contributed by atoms with van der Waals surface area (Å²) in [5.41, 5.74) is 2.33. The van der Waals surface area contributed by atoms with Crippen molar-refractivity contribution in [3.63, 3.8) is 0 Å². The zero-order chi connectivity index (χ0) is 16.7. The number of carbonyl (C=O) groups is 1. The third-order valence-electron chi connectivity index (χ3n) is 3.43. The lowest BCUT2D eigenvalue weighted by molar-refractivity contribution is -0.385. The lowest BCUT2D eigenvalue weighted by Gasteiger charge is -2.10. The number of nitrogens with one attached hydrogen (secondary N) is 1. The number of rotatable bonds is 7. The van der Waals surface area contributed by atoms with Crippen LogP contribution in [0.15, 0.2) is 48.5 Å². The Kier molecular flexibility index (Phi) is 5.82. The van der Waals surface area contributed by atoms with E-state index in [4.69, 9.17) is 4.74 Å². The van der Waals surface area contributed by atoms with Gasteiger partial charge in [-0.15, -0.1) is 0 Å². The maximum atomic E-state index is 12.1. The Morgan fingerprint density at radius 3 is 2.35 bits per heavy atom. The molecule has 0 spiro atoms. The van der Waals surface area contributed by atoms with Gasteiger partial charge in [-0.05, 0) is 11.1 Å². The number of hydrogen-bond donors (Lipinski definition) is 1. The number of benzene rings is 2. The van der Waals surface area contributed by atoms with Crippen LogP contribution in [0.3, 0.4) is 0 Å². The molecule has 0 atom stereocenters. The highest BCUT2D eigenvalue weighted by Crippen LogP contribution is 2.18. The predicted octanol–water partition coefficient (Wildman–Crippen LogP) is 2.60. The van der Waals surface area contributed by atoms with Crippen LogP contribution >= 0.6 is 0 Å². The molecule has 0 bridgehead atoms. The summed E-state index contributed by atoms with van der Waals surface area (Å²) in [7, 11) is 1.61. The van der Waals surface area contributed by atoms with Crippen molar-refractivity contribution in [3.8, 4) is 0 Å². The molecular weight excluding hydrogens is 296 g/mol. The van der Waals surface area contributed by atoms with Gasteiger partial charge in [-0.3, -0.25) is 14.9 Å². The summed E-state index contributed by atoms with van der Waals surface area (Å²) in [5, 5.41) is 13.8. The lowest BCUT2D eigenvalue weighted by Crippen LogP contribution is -2.25. The number of nitro benzene ring substituents is 1. The van der Waals surface area contributed by atoms with Crippen LogP contribution in [-0.4, -0.2) is 17.9 Å². The van der Waals surface area contributed by atoms with Crippen molar-refractivity contribution in [1.82, 2.24) is 5.32 Å².